The average molecular weight is 127 g/mol. The summed E-state index contributed by atoms with van der Waals surface area (Å²) in [6.45, 7) is 3.82. The summed E-state index contributed by atoms with van der Waals surface area (Å²) >= 11 is 0. The van der Waals surface area contributed by atoms with Crippen molar-refractivity contribution in [2.75, 3.05) is 0 Å². The van der Waals surface area contributed by atoms with E-state index < -0.39 is 5.97 Å². The van der Waals surface area contributed by atoms with E-state index in [1.807, 2.05) is 19.9 Å². The molecular weight excluding hydrogens is 117 g/mol. The molecule has 0 aliphatic heterocycles. The van der Waals surface area contributed by atoms with Crippen LogP contribution >= 0.6 is 0 Å². The van der Waals surface area contributed by atoms with Crippen molar-refractivity contribution in [1.29, 1.82) is 0 Å². The van der Waals surface area contributed by atoms with Crippen molar-refractivity contribution in [3.8, 4) is 12.5 Å². The van der Waals surface area contributed by atoms with Crippen LogP contribution < -0.4 is 0 Å². The van der Waals surface area contributed by atoms with Crippen molar-refractivity contribution < 1.29 is 4.39 Å². The van der Waals surface area contributed by atoms with E-state index >= 15 is 0 Å². The Morgan fingerprint density at radius 2 is 2.33 bits per heavy atom. The number of terminal acetylenes is 1. The number of aliphatic imine (C=N–C) groups is 1. The van der Waals surface area contributed by atoms with Crippen LogP contribution in [0.25, 0.3) is 0 Å². The van der Waals surface area contributed by atoms with Gasteiger partial charge in [-0.15, -0.1) is 0 Å². The van der Waals surface area contributed by atoms with Gasteiger partial charge >= 0.3 is 0 Å². The Morgan fingerprint density at radius 3 is 2.67 bits per heavy atom. The van der Waals surface area contributed by atoms with Gasteiger partial charge in [-0.1, -0.05) is 20.3 Å². The van der Waals surface area contributed by atoms with Gasteiger partial charge in [0, 0.05) is 12.5 Å². The molecule has 0 saturated heterocycles. The fourth-order valence-electron chi connectivity index (χ4n) is 0.453. The molecule has 0 N–H and O–H groups in total. The second-order valence-electron chi connectivity index (χ2n) is 2.22. The third-order valence-corrected chi connectivity index (χ3v) is 0.763. The highest BCUT2D eigenvalue weighted by Gasteiger charge is 1.98. The fourth-order valence-corrected chi connectivity index (χ4v) is 0.453. The molecule has 50 valence electrons. The molecular formula is C7H10FN. The van der Waals surface area contributed by atoms with Crippen LogP contribution in [0.4, 0.5) is 4.39 Å². The molecule has 0 rings (SSSR count). The zero-order valence-electron chi connectivity index (χ0n) is 5.69. The van der Waals surface area contributed by atoms with Crippen molar-refractivity contribution in [2.45, 2.75) is 20.3 Å². The number of rotatable bonds is 2. The van der Waals surface area contributed by atoms with Crippen molar-refractivity contribution in [3.63, 3.8) is 0 Å². The van der Waals surface area contributed by atoms with Crippen molar-refractivity contribution in [1.82, 2.24) is 0 Å². The minimum Gasteiger partial charge on any atom is -0.189 e. The minimum absolute atomic E-state index is 0.280. The largest absolute Gasteiger partial charge is 0.198 e. The van der Waals surface area contributed by atoms with Gasteiger partial charge in [-0.25, -0.2) is 0 Å². The Balaban J connectivity index is 3.66. The Labute approximate surface area is 55.0 Å². The van der Waals surface area contributed by atoms with Gasteiger partial charge in [0.2, 0.25) is 0 Å². The number of halogens is 1. The molecule has 0 unspecified atom stereocenters. The smallest absolute Gasteiger partial charge is 0.189 e. The SMILES string of the molecule is C#C/N=C(/F)CC(C)C. The molecule has 0 bridgehead atoms. The van der Waals surface area contributed by atoms with Gasteiger partial charge in [-0.2, -0.15) is 9.38 Å². The van der Waals surface area contributed by atoms with Gasteiger partial charge < -0.3 is 0 Å². The summed E-state index contributed by atoms with van der Waals surface area (Å²) in [7, 11) is 0. The molecule has 0 aliphatic carbocycles. The number of hydrogen-bond donors (Lipinski definition) is 0. The fraction of sp³-hybridized carbons (Fsp3) is 0.571. The molecule has 0 fully saturated rings. The first-order chi connectivity index (χ1) is 4.16. The Bertz CT molecular complexity index is 141. The lowest BCUT2D eigenvalue weighted by molar-refractivity contribution is 0.631. The standard InChI is InChI=1S/C7H10FN/c1-4-9-7(8)5-6(2)3/h1,6H,5H2,2-3H3/b9-7+. The second-order valence-corrected chi connectivity index (χ2v) is 2.22. The molecule has 0 aromatic heterocycles. The first-order valence-electron chi connectivity index (χ1n) is 2.84. The second kappa shape index (κ2) is 4.08. The quantitative estimate of drug-likeness (QED) is 0.397. The van der Waals surface area contributed by atoms with Gasteiger partial charge in [0.25, 0.3) is 0 Å². The van der Waals surface area contributed by atoms with E-state index in [0.29, 0.717) is 6.42 Å². The summed E-state index contributed by atoms with van der Waals surface area (Å²) in [5.74, 6) is -0.172. The van der Waals surface area contributed by atoms with Gasteiger partial charge in [0.05, 0.1) is 0 Å². The molecule has 1 nitrogen and oxygen atoms in total. The van der Waals surface area contributed by atoms with Crippen LogP contribution in [-0.4, -0.2) is 5.97 Å². The maximum absolute atomic E-state index is 12.3. The first-order valence-corrected chi connectivity index (χ1v) is 2.84. The number of nitrogens with zero attached hydrogens (tertiary/aromatic N) is 1. The molecule has 0 heterocycles. The topological polar surface area (TPSA) is 12.4 Å². The molecule has 0 aromatic rings. The van der Waals surface area contributed by atoms with E-state index in [1.165, 1.54) is 0 Å². The Hall–Kier alpha value is -0.840. The van der Waals surface area contributed by atoms with E-state index in [0.717, 1.165) is 0 Å². The third kappa shape index (κ3) is 5.02. The van der Waals surface area contributed by atoms with Crippen LogP contribution in [0.1, 0.15) is 20.3 Å². The minimum atomic E-state index is -0.451. The van der Waals surface area contributed by atoms with Gasteiger partial charge in [-0.3, -0.25) is 0 Å². The lowest BCUT2D eigenvalue weighted by atomic mass is 10.1. The van der Waals surface area contributed by atoms with E-state index in [2.05, 4.69) is 4.99 Å². The molecule has 0 spiro atoms. The highest BCUT2D eigenvalue weighted by atomic mass is 19.1. The summed E-state index contributed by atoms with van der Waals surface area (Å²) < 4.78 is 12.3. The summed E-state index contributed by atoms with van der Waals surface area (Å²) in [5, 5.41) is 0. The maximum atomic E-state index is 12.3. The van der Waals surface area contributed by atoms with Crippen LogP contribution in [0.2, 0.25) is 0 Å². The molecule has 0 atom stereocenters. The van der Waals surface area contributed by atoms with Crippen LogP contribution in [0.5, 0.6) is 0 Å². The molecule has 0 saturated carbocycles. The molecule has 9 heavy (non-hydrogen) atoms. The van der Waals surface area contributed by atoms with Gasteiger partial charge in [0.15, 0.2) is 5.97 Å². The number of hydrogen-bond acceptors (Lipinski definition) is 1. The lowest BCUT2D eigenvalue weighted by Crippen LogP contribution is -1.95. The van der Waals surface area contributed by atoms with Gasteiger partial charge in [-0.05, 0) is 5.92 Å². The molecule has 2 heteroatoms. The Morgan fingerprint density at radius 1 is 1.78 bits per heavy atom. The lowest BCUT2D eigenvalue weighted by Gasteiger charge is -1.96. The highest BCUT2D eigenvalue weighted by molar-refractivity contribution is 5.75. The summed E-state index contributed by atoms with van der Waals surface area (Å²) in [4.78, 5) is 3.14. The third-order valence-electron chi connectivity index (χ3n) is 0.763. The summed E-state index contributed by atoms with van der Waals surface area (Å²) in [6, 6.07) is 1.89. The van der Waals surface area contributed by atoms with E-state index in [1.54, 1.807) is 0 Å². The predicted octanol–water partition coefficient (Wildman–Crippen LogP) is 1.99. The summed E-state index contributed by atoms with van der Waals surface area (Å²) in [5.41, 5.74) is 0. The van der Waals surface area contributed by atoms with Gasteiger partial charge in [0.1, 0.15) is 0 Å². The van der Waals surface area contributed by atoms with Crippen molar-refractivity contribution in [2.24, 2.45) is 10.9 Å². The molecule has 0 radical (unpaired) electrons. The van der Waals surface area contributed by atoms with E-state index in [-0.39, 0.29) is 5.92 Å². The van der Waals surface area contributed by atoms with Crippen LogP contribution in [0, 0.1) is 18.4 Å². The maximum Gasteiger partial charge on any atom is 0.198 e. The van der Waals surface area contributed by atoms with E-state index in [4.69, 9.17) is 6.42 Å². The average Bonchev–Trinajstić information content (AvgIpc) is 1.63. The van der Waals surface area contributed by atoms with Crippen LogP contribution in [-0.2, 0) is 0 Å². The monoisotopic (exact) mass is 127 g/mol. The molecule has 0 amide bonds. The van der Waals surface area contributed by atoms with Crippen LogP contribution in [0.15, 0.2) is 4.99 Å². The Kier molecular flexibility index (Phi) is 3.70. The zero-order valence-corrected chi connectivity index (χ0v) is 5.69. The molecule has 0 aromatic carbocycles. The normalized spacial score (nSPS) is 11.7. The first kappa shape index (κ1) is 8.16. The zero-order chi connectivity index (χ0) is 7.28. The molecule has 0 aliphatic rings. The van der Waals surface area contributed by atoms with Crippen LogP contribution in [0.3, 0.4) is 0 Å². The highest BCUT2D eigenvalue weighted by Crippen LogP contribution is 2.01. The summed E-state index contributed by atoms with van der Waals surface area (Å²) in [6.07, 6.45) is 5.07. The predicted molar refractivity (Wildman–Crippen MR) is 36.8 cm³/mol. The van der Waals surface area contributed by atoms with Crippen molar-refractivity contribution >= 4 is 5.97 Å². The van der Waals surface area contributed by atoms with E-state index in [9.17, 15) is 4.39 Å². The van der Waals surface area contributed by atoms with Crippen molar-refractivity contribution in [3.05, 3.63) is 0 Å².